The molecule has 154 valence electrons. The van der Waals surface area contributed by atoms with Gasteiger partial charge in [-0.2, -0.15) is 0 Å². The van der Waals surface area contributed by atoms with Crippen LogP contribution in [-0.4, -0.2) is 43.8 Å². The maximum Gasteiger partial charge on any atom is 0.256 e. The lowest BCUT2D eigenvalue weighted by atomic mass is 10.1. The molecule has 0 spiro atoms. The van der Waals surface area contributed by atoms with Gasteiger partial charge in [0.2, 0.25) is 15.9 Å². The first-order valence-corrected chi connectivity index (χ1v) is 11.7. The van der Waals surface area contributed by atoms with Gasteiger partial charge in [-0.05, 0) is 48.2 Å². The van der Waals surface area contributed by atoms with Crippen LogP contribution in [0.2, 0.25) is 0 Å². The number of amides is 2. The molecule has 1 saturated heterocycles. The molecular formula is C20H17N3O5S2. The van der Waals surface area contributed by atoms with Crippen LogP contribution in [0.15, 0.2) is 62.7 Å². The Bertz CT molecular complexity index is 1220. The van der Waals surface area contributed by atoms with Gasteiger partial charge in [0.15, 0.2) is 0 Å². The van der Waals surface area contributed by atoms with Gasteiger partial charge in [-0.25, -0.2) is 13.1 Å². The van der Waals surface area contributed by atoms with Crippen LogP contribution < -0.4 is 10.0 Å². The van der Waals surface area contributed by atoms with Gasteiger partial charge in [-0.1, -0.05) is 6.07 Å². The van der Waals surface area contributed by atoms with Gasteiger partial charge in [-0.3, -0.25) is 9.59 Å². The monoisotopic (exact) mass is 443 g/mol. The number of fused-ring (bicyclic) bond motifs is 2. The van der Waals surface area contributed by atoms with Crippen LogP contribution in [0.25, 0.3) is 11.3 Å². The zero-order chi connectivity index (χ0) is 20.9. The first-order valence-electron chi connectivity index (χ1n) is 9.30. The molecule has 10 heteroatoms. The predicted octanol–water partition coefficient (Wildman–Crippen LogP) is 2.52. The summed E-state index contributed by atoms with van der Waals surface area (Å²) in [4.78, 5) is 27.6. The van der Waals surface area contributed by atoms with E-state index in [0.717, 1.165) is 11.3 Å². The van der Waals surface area contributed by atoms with E-state index in [1.54, 1.807) is 48.0 Å². The highest BCUT2D eigenvalue weighted by atomic mass is 32.2. The highest BCUT2D eigenvalue weighted by Gasteiger charge is 2.46. The molecule has 0 radical (unpaired) electrons. The fourth-order valence-corrected chi connectivity index (χ4v) is 6.21. The number of benzene rings is 1. The van der Waals surface area contributed by atoms with Crippen molar-refractivity contribution in [2.45, 2.75) is 22.7 Å². The molecule has 4 heterocycles. The number of nitrogens with one attached hydrogen (secondary N) is 2. The highest BCUT2D eigenvalue weighted by Crippen LogP contribution is 2.33. The second-order valence-corrected chi connectivity index (χ2v) is 10.0. The largest absolute Gasteiger partial charge is 0.464 e. The predicted molar refractivity (Wildman–Crippen MR) is 111 cm³/mol. The van der Waals surface area contributed by atoms with Gasteiger partial charge in [-0.15, -0.1) is 11.3 Å². The Hall–Kier alpha value is -2.95. The summed E-state index contributed by atoms with van der Waals surface area (Å²) in [6, 6.07) is 10.2. The number of carbonyl (C=O) groups excluding carboxylic acids is 2. The molecule has 0 bridgehead atoms. The van der Waals surface area contributed by atoms with Crippen molar-refractivity contribution in [2.75, 3.05) is 11.9 Å². The third-order valence-electron chi connectivity index (χ3n) is 5.31. The van der Waals surface area contributed by atoms with Crippen LogP contribution in [0, 0.1) is 0 Å². The van der Waals surface area contributed by atoms with Crippen LogP contribution in [0.5, 0.6) is 0 Å². The number of thiophene rings is 1. The van der Waals surface area contributed by atoms with E-state index in [0.29, 0.717) is 29.0 Å². The van der Waals surface area contributed by atoms with Crippen LogP contribution in [-0.2, 0) is 14.8 Å². The third kappa shape index (κ3) is 3.13. The Balaban J connectivity index is 1.47. The molecule has 2 atom stereocenters. The number of sulfonamides is 1. The van der Waals surface area contributed by atoms with E-state index in [-0.39, 0.29) is 16.7 Å². The number of rotatable bonds is 4. The van der Waals surface area contributed by atoms with Crippen molar-refractivity contribution in [1.29, 1.82) is 0 Å². The third-order valence-corrected chi connectivity index (χ3v) is 8.19. The minimum atomic E-state index is -3.77. The van der Waals surface area contributed by atoms with Crippen LogP contribution in [0.4, 0.5) is 5.69 Å². The first kappa shape index (κ1) is 19.0. The Labute approximate surface area is 176 Å². The fraction of sp³-hybridized carbons (Fsp3) is 0.200. The quantitative estimate of drug-likeness (QED) is 0.644. The molecule has 2 amide bonds. The maximum absolute atomic E-state index is 13.3. The lowest BCUT2D eigenvalue weighted by Crippen LogP contribution is -2.51. The van der Waals surface area contributed by atoms with E-state index in [4.69, 9.17) is 4.42 Å². The zero-order valence-electron chi connectivity index (χ0n) is 15.6. The maximum atomic E-state index is 13.3. The van der Waals surface area contributed by atoms with Crippen molar-refractivity contribution in [3.05, 3.63) is 59.7 Å². The van der Waals surface area contributed by atoms with E-state index in [1.807, 2.05) is 0 Å². The van der Waals surface area contributed by atoms with E-state index >= 15 is 0 Å². The summed E-state index contributed by atoms with van der Waals surface area (Å²) in [5.74, 6) is -0.121. The zero-order valence-corrected chi connectivity index (χ0v) is 17.2. The average molecular weight is 444 g/mol. The Morgan fingerprint density at radius 3 is 2.77 bits per heavy atom. The lowest BCUT2D eigenvalue weighted by Gasteiger charge is -2.24. The minimum absolute atomic E-state index is 0.174. The number of hydrogen-bond donors (Lipinski definition) is 2. The number of anilines is 1. The summed E-state index contributed by atoms with van der Waals surface area (Å²) >= 11 is 1.10. The van der Waals surface area contributed by atoms with Gasteiger partial charge < -0.3 is 14.6 Å². The summed E-state index contributed by atoms with van der Waals surface area (Å²) in [6.45, 7) is 0.277. The molecule has 0 saturated carbocycles. The summed E-state index contributed by atoms with van der Waals surface area (Å²) in [5, 5.41) is 4.45. The molecule has 2 aromatic heterocycles. The van der Waals surface area contributed by atoms with Gasteiger partial charge >= 0.3 is 0 Å². The Kier molecular flexibility index (Phi) is 4.49. The van der Waals surface area contributed by atoms with Crippen LogP contribution >= 0.6 is 11.3 Å². The normalized spacial score (nSPS) is 21.1. The Morgan fingerprint density at radius 1 is 1.17 bits per heavy atom. The molecule has 0 aliphatic carbocycles. The molecule has 2 N–H and O–H groups in total. The topological polar surface area (TPSA) is 109 Å². The summed E-state index contributed by atoms with van der Waals surface area (Å²) in [6.07, 6.45) is 1.90. The summed E-state index contributed by atoms with van der Waals surface area (Å²) in [7, 11) is -3.77. The summed E-state index contributed by atoms with van der Waals surface area (Å²) < 4.78 is 33.5. The smallest absolute Gasteiger partial charge is 0.256 e. The van der Waals surface area contributed by atoms with E-state index in [2.05, 4.69) is 10.0 Å². The van der Waals surface area contributed by atoms with E-state index in [9.17, 15) is 18.0 Å². The SMILES string of the molecule is O=C1Nc2ccc(-c3ccco3)cc2C(=O)N2CC[C@H](NS(=O)(=O)c3cccs3)[C@@H]12. The standard InChI is InChI=1S/C20H17N3O5S2/c24-19-18-15(22-30(26,27)17-4-2-10-29-17)7-8-23(18)20(25)13-11-12(5-6-14(13)21-19)16-3-1-9-28-16/h1-6,9-11,15,18,22H,7-8H2,(H,21,24)/t15-,18-/m0/s1. The lowest BCUT2D eigenvalue weighted by molar-refractivity contribution is -0.120. The molecule has 3 aromatic rings. The van der Waals surface area contributed by atoms with Gasteiger partial charge in [0.25, 0.3) is 5.91 Å². The highest BCUT2D eigenvalue weighted by molar-refractivity contribution is 7.91. The average Bonchev–Trinajstić information content (AvgIpc) is 3.47. The molecule has 8 nitrogen and oxygen atoms in total. The number of hydrogen-bond acceptors (Lipinski definition) is 6. The molecule has 0 unspecified atom stereocenters. The summed E-state index contributed by atoms with van der Waals surface area (Å²) in [5.41, 5.74) is 1.46. The van der Waals surface area contributed by atoms with Crippen LogP contribution in [0.1, 0.15) is 16.8 Å². The molecule has 5 rings (SSSR count). The second-order valence-electron chi connectivity index (χ2n) is 7.12. The number of furan rings is 1. The minimum Gasteiger partial charge on any atom is -0.464 e. The number of carbonyl (C=O) groups is 2. The van der Waals surface area contributed by atoms with Crippen LogP contribution in [0.3, 0.4) is 0 Å². The molecule has 30 heavy (non-hydrogen) atoms. The van der Waals surface area contributed by atoms with Crippen molar-refractivity contribution < 1.29 is 22.4 Å². The molecular weight excluding hydrogens is 426 g/mol. The van der Waals surface area contributed by atoms with Crippen molar-refractivity contribution in [1.82, 2.24) is 9.62 Å². The van der Waals surface area contributed by atoms with E-state index in [1.165, 1.54) is 11.0 Å². The van der Waals surface area contributed by atoms with Gasteiger partial charge in [0.05, 0.1) is 23.6 Å². The van der Waals surface area contributed by atoms with E-state index < -0.39 is 28.0 Å². The van der Waals surface area contributed by atoms with Gasteiger partial charge in [0.1, 0.15) is 16.0 Å². The van der Waals surface area contributed by atoms with Gasteiger partial charge in [0, 0.05) is 12.1 Å². The molecule has 1 fully saturated rings. The second kappa shape index (κ2) is 7.08. The molecule has 1 aromatic carbocycles. The van der Waals surface area contributed by atoms with Crippen molar-refractivity contribution in [3.8, 4) is 11.3 Å². The molecule has 2 aliphatic heterocycles. The van der Waals surface area contributed by atoms with Crippen molar-refractivity contribution in [3.63, 3.8) is 0 Å². The Morgan fingerprint density at radius 2 is 2.03 bits per heavy atom. The fourth-order valence-electron chi connectivity index (χ4n) is 3.93. The first-order chi connectivity index (χ1) is 14.4. The van der Waals surface area contributed by atoms with Crippen molar-refractivity contribution in [2.24, 2.45) is 0 Å². The number of nitrogens with zero attached hydrogens (tertiary/aromatic N) is 1. The molecule has 2 aliphatic rings. The van der Waals surface area contributed by atoms with Crippen molar-refractivity contribution >= 4 is 38.9 Å².